The molecule has 152 valence electrons. The summed E-state index contributed by atoms with van der Waals surface area (Å²) in [4.78, 5) is 37.8. The molecule has 0 radical (unpaired) electrons. The Bertz CT molecular complexity index is 767. The van der Waals surface area contributed by atoms with Gasteiger partial charge in [0, 0.05) is 13.1 Å². The number of likely N-dealkylation sites (tertiary alicyclic amines) is 1. The number of hydrogen-bond donors (Lipinski definition) is 1. The maximum atomic E-state index is 12.1. The molecule has 0 bridgehead atoms. The van der Waals surface area contributed by atoms with Crippen molar-refractivity contribution in [1.29, 1.82) is 0 Å². The number of thiocarbonyl (C=S) groups is 1. The van der Waals surface area contributed by atoms with Crippen molar-refractivity contribution in [2.45, 2.75) is 19.8 Å². The molecule has 1 heterocycles. The topological polar surface area (TPSA) is 94.2 Å². The van der Waals surface area contributed by atoms with E-state index in [2.05, 4.69) is 5.32 Å². The number of methoxy groups -OCH3 is 2. The van der Waals surface area contributed by atoms with Gasteiger partial charge in [0.05, 0.1) is 43.6 Å². The number of nitrogens with one attached hydrogen (secondary N) is 1. The molecule has 9 heteroatoms. The van der Waals surface area contributed by atoms with Gasteiger partial charge in [-0.3, -0.25) is 4.79 Å². The second-order valence-electron chi connectivity index (χ2n) is 6.21. The molecule has 1 aliphatic heterocycles. The smallest absolute Gasteiger partial charge is 0.339 e. The number of ether oxygens (including phenoxy) is 3. The number of nitrogens with zero attached hydrogens (tertiary/aromatic N) is 1. The van der Waals surface area contributed by atoms with Crippen LogP contribution in [0.15, 0.2) is 18.2 Å². The van der Waals surface area contributed by atoms with Crippen molar-refractivity contribution in [3.63, 3.8) is 0 Å². The fourth-order valence-corrected chi connectivity index (χ4v) is 3.26. The Morgan fingerprint density at radius 1 is 1.21 bits per heavy atom. The first-order valence-electron chi connectivity index (χ1n) is 8.94. The molecule has 0 saturated carbocycles. The maximum Gasteiger partial charge on any atom is 0.339 e. The fourth-order valence-electron chi connectivity index (χ4n) is 2.99. The van der Waals surface area contributed by atoms with Crippen LogP contribution in [0.5, 0.6) is 0 Å². The van der Waals surface area contributed by atoms with Crippen LogP contribution >= 0.6 is 12.2 Å². The first-order valence-corrected chi connectivity index (χ1v) is 9.35. The number of carbonyl (C=O) groups excluding carboxylic acids is 3. The van der Waals surface area contributed by atoms with Gasteiger partial charge in [0.25, 0.3) is 0 Å². The van der Waals surface area contributed by atoms with E-state index in [9.17, 15) is 14.4 Å². The lowest BCUT2D eigenvalue weighted by Gasteiger charge is -2.33. The van der Waals surface area contributed by atoms with Gasteiger partial charge < -0.3 is 24.4 Å². The SMILES string of the molecule is CCOC(=O)C1CCCN(C(=S)Nc2cc(C(=O)OC)ccc2C(=O)OC)C1. The minimum atomic E-state index is -0.565. The normalized spacial score (nSPS) is 16.1. The maximum absolute atomic E-state index is 12.1. The molecule has 0 aromatic heterocycles. The third kappa shape index (κ3) is 5.19. The van der Waals surface area contributed by atoms with E-state index in [0.717, 1.165) is 12.8 Å². The summed E-state index contributed by atoms with van der Waals surface area (Å²) in [5, 5.41) is 3.35. The number of carbonyl (C=O) groups is 3. The molecule has 1 unspecified atom stereocenters. The second-order valence-corrected chi connectivity index (χ2v) is 6.60. The van der Waals surface area contributed by atoms with Crippen LogP contribution < -0.4 is 5.32 Å². The Morgan fingerprint density at radius 3 is 2.57 bits per heavy atom. The quantitative estimate of drug-likeness (QED) is 0.447. The zero-order valence-electron chi connectivity index (χ0n) is 16.1. The van der Waals surface area contributed by atoms with Crippen molar-refractivity contribution >= 4 is 40.9 Å². The van der Waals surface area contributed by atoms with Crippen molar-refractivity contribution in [2.24, 2.45) is 5.92 Å². The van der Waals surface area contributed by atoms with Gasteiger partial charge in [-0.15, -0.1) is 0 Å². The van der Waals surface area contributed by atoms with Gasteiger partial charge in [-0.25, -0.2) is 9.59 Å². The summed E-state index contributed by atoms with van der Waals surface area (Å²) in [5.41, 5.74) is 0.831. The number of piperidine rings is 1. The molecule has 1 atom stereocenters. The molecule has 1 saturated heterocycles. The Kier molecular flexibility index (Phi) is 7.74. The largest absolute Gasteiger partial charge is 0.466 e. The highest BCUT2D eigenvalue weighted by atomic mass is 32.1. The Morgan fingerprint density at radius 2 is 1.93 bits per heavy atom. The number of benzene rings is 1. The van der Waals surface area contributed by atoms with Crippen molar-refractivity contribution in [1.82, 2.24) is 4.90 Å². The van der Waals surface area contributed by atoms with Crippen molar-refractivity contribution < 1.29 is 28.6 Å². The van der Waals surface area contributed by atoms with Crippen LogP contribution in [0.2, 0.25) is 0 Å². The molecule has 0 aliphatic carbocycles. The van der Waals surface area contributed by atoms with Crippen molar-refractivity contribution in [3.05, 3.63) is 29.3 Å². The van der Waals surface area contributed by atoms with E-state index < -0.39 is 11.9 Å². The minimum Gasteiger partial charge on any atom is -0.466 e. The summed E-state index contributed by atoms with van der Waals surface area (Å²) in [6.45, 7) is 3.20. The highest BCUT2D eigenvalue weighted by molar-refractivity contribution is 7.80. The first kappa shape index (κ1) is 21.6. The number of rotatable bonds is 5. The van der Waals surface area contributed by atoms with Crippen LogP contribution in [0.4, 0.5) is 5.69 Å². The molecule has 1 fully saturated rings. The highest BCUT2D eigenvalue weighted by Gasteiger charge is 2.28. The summed E-state index contributed by atoms with van der Waals surface area (Å²) in [7, 11) is 2.55. The average molecular weight is 408 g/mol. The van der Waals surface area contributed by atoms with Gasteiger partial charge in [0.2, 0.25) is 0 Å². The summed E-state index contributed by atoms with van der Waals surface area (Å²) >= 11 is 5.47. The van der Waals surface area contributed by atoms with E-state index >= 15 is 0 Å². The van der Waals surface area contributed by atoms with Gasteiger partial charge in [-0.2, -0.15) is 0 Å². The van der Waals surface area contributed by atoms with Gasteiger partial charge in [-0.1, -0.05) is 0 Å². The fraction of sp³-hybridized carbons (Fsp3) is 0.474. The first-order chi connectivity index (χ1) is 13.4. The molecule has 1 N–H and O–H groups in total. The zero-order valence-corrected chi connectivity index (χ0v) is 17.0. The predicted molar refractivity (Wildman–Crippen MR) is 106 cm³/mol. The number of anilines is 1. The van der Waals surface area contributed by atoms with E-state index in [1.165, 1.54) is 32.4 Å². The highest BCUT2D eigenvalue weighted by Crippen LogP contribution is 2.23. The van der Waals surface area contributed by atoms with E-state index in [1.807, 2.05) is 4.90 Å². The zero-order chi connectivity index (χ0) is 20.7. The van der Waals surface area contributed by atoms with E-state index in [0.29, 0.717) is 30.5 Å². The van der Waals surface area contributed by atoms with E-state index in [4.69, 9.17) is 26.4 Å². The van der Waals surface area contributed by atoms with Gasteiger partial charge in [-0.05, 0) is 50.2 Å². The average Bonchev–Trinajstić information content (AvgIpc) is 2.72. The second kappa shape index (κ2) is 10.0. The molecule has 1 aromatic rings. The summed E-state index contributed by atoms with van der Waals surface area (Å²) in [5.74, 6) is -1.59. The van der Waals surface area contributed by atoms with E-state index in [-0.39, 0.29) is 23.0 Å². The van der Waals surface area contributed by atoms with Crippen LogP contribution in [-0.4, -0.2) is 61.8 Å². The molecule has 0 amide bonds. The number of hydrogen-bond acceptors (Lipinski definition) is 7. The standard InChI is InChI=1S/C19H24N2O6S/c1-4-27-17(23)13-6-5-9-21(11-13)19(28)20-15-10-12(16(22)25-2)7-8-14(15)18(24)26-3/h7-8,10,13H,4-6,9,11H2,1-3H3,(H,20,28). The third-order valence-corrected chi connectivity index (χ3v) is 4.78. The van der Waals surface area contributed by atoms with Crippen LogP contribution in [0, 0.1) is 5.92 Å². The summed E-state index contributed by atoms with van der Waals surface area (Å²) < 4.78 is 14.6. The molecule has 28 heavy (non-hydrogen) atoms. The Balaban J connectivity index is 2.20. The van der Waals surface area contributed by atoms with E-state index in [1.54, 1.807) is 6.92 Å². The monoisotopic (exact) mass is 408 g/mol. The lowest BCUT2D eigenvalue weighted by molar-refractivity contribution is -0.149. The molecule has 2 rings (SSSR count). The predicted octanol–water partition coefficient (Wildman–Crippen LogP) is 2.23. The van der Waals surface area contributed by atoms with Crippen LogP contribution in [0.25, 0.3) is 0 Å². The summed E-state index contributed by atoms with van der Waals surface area (Å²) in [6, 6.07) is 4.43. The third-order valence-electron chi connectivity index (χ3n) is 4.42. The molecule has 1 aromatic carbocycles. The minimum absolute atomic E-state index is 0.233. The van der Waals surface area contributed by atoms with Crippen LogP contribution in [0.3, 0.4) is 0 Å². The molecular weight excluding hydrogens is 384 g/mol. The van der Waals surface area contributed by atoms with Gasteiger partial charge >= 0.3 is 17.9 Å². The van der Waals surface area contributed by atoms with Gasteiger partial charge in [0.1, 0.15) is 0 Å². The Labute approximate surface area is 169 Å². The molecular formula is C19H24N2O6S. The number of esters is 3. The molecule has 1 aliphatic rings. The van der Waals surface area contributed by atoms with Crippen molar-refractivity contribution in [2.75, 3.05) is 39.2 Å². The Hall–Kier alpha value is -2.68. The molecule has 8 nitrogen and oxygen atoms in total. The van der Waals surface area contributed by atoms with Gasteiger partial charge in [0.15, 0.2) is 5.11 Å². The lowest BCUT2D eigenvalue weighted by atomic mass is 9.98. The van der Waals surface area contributed by atoms with Crippen molar-refractivity contribution in [3.8, 4) is 0 Å². The van der Waals surface area contributed by atoms with Crippen LogP contribution in [0.1, 0.15) is 40.5 Å². The van der Waals surface area contributed by atoms with Crippen LogP contribution in [-0.2, 0) is 19.0 Å². The molecule has 0 spiro atoms. The lowest BCUT2D eigenvalue weighted by Crippen LogP contribution is -2.44. The summed E-state index contributed by atoms with van der Waals surface area (Å²) in [6.07, 6.45) is 1.53.